The van der Waals surface area contributed by atoms with Gasteiger partial charge < -0.3 is 0 Å². The fourth-order valence-electron chi connectivity index (χ4n) is 7.43. The Bertz CT molecular complexity index is 2450. The molecule has 0 spiro atoms. The van der Waals surface area contributed by atoms with Gasteiger partial charge in [-0.05, 0) is 39.9 Å². The van der Waals surface area contributed by atoms with Crippen LogP contribution < -0.4 is 0 Å². The fourth-order valence-corrected chi connectivity index (χ4v) is 7.43. The Morgan fingerprint density at radius 3 is 1.39 bits per heavy atom. The van der Waals surface area contributed by atoms with Crippen molar-refractivity contribution in [2.45, 2.75) is 19.3 Å². The zero-order valence-corrected chi connectivity index (χ0v) is 28.6. The number of hydrogen-bond acceptors (Lipinski definition) is 3. The van der Waals surface area contributed by atoms with Gasteiger partial charge in [-0.1, -0.05) is 178 Å². The van der Waals surface area contributed by atoms with E-state index in [9.17, 15) is 0 Å². The van der Waals surface area contributed by atoms with Gasteiger partial charge in [0.1, 0.15) is 0 Å². The zero-order chi connectivity index (χ0) is 34.4. The molecule has 0 bridgehead atoms. The molecule has 0 saturated heterocycles. The lowest BCUT2D eigenvalue weighted by Gasteiger charge is -2.24. The van der Waals surface area contributed by atoms with E-state index >= 15 is 0 Å². The first-order chi connectivity index (χ1) is 25.0. The maximum Gasteiger partial charge on any atom is 0.160 e. The van der Waals surface area contributed by atoms with Crippen LogP contribution in [0.15, 0.2) is 176 Å². The minimum Gasteiger partial charge on any atom is -0.248 e. The summed E-state index contributed by atoms with van der Waals surface area (Å²) in [6, 6.07) is 61.8. The largest absolute Gasteiger partial charge is 0.248 e. The van der Waals surface area contributed by atoms with Crippen LogP contribution >= 0.6 is 0 Å². The minimum atomic E-state index is -0.225. The lowest BCUT2D eigenvalue weighted by Crippen LogP contribution is -2.17. The Labute approximate surface area is 299 Å². The van der Waals surface area contributed by atoms with Crippen molar-refractivity contribution >= 4 is 0 Å². The molecule has 6 aromatic carbocycles. The molecule has 8 aromatic rings. The Balaban J connectivity index is 1.08. The van der Waals surface area contributed by atoms with E-state index in [0.29, 0.717) is 0 Å². The summed E-state index contributed by atoms with van der Waals surface area (Å²) in [6.07, 6.45) is 0. The van der Waals surface area contributed by atoms with Gasteiger partial charge in [-0.3, -0.25) is 0 Å². The highest BCUT2D eigenvalue weighted by atomic mass is 14.9. The maximum absolute atomic E-state index is 5.25. The van der Waals surface area contributed by atoms with Crippen LogP contribution in [0.4, 0.5) is 0 Å². The third-order valence-electron chi connectivity index (χ3n) is 10.1. The van der Waals surface area contributed by atoms with Crippen LogP contribution in [0, 0.1) is 0 Å². The Morgan fingerprint density at radius 2 is 0.784 bits per heavy atom. The monoisotopic (exact) mass is 653 g/mol. The maximum atomic E-state index is 5.25. The number of benzene rings is 6. The quantitative estimate of drug-likeness (QED) is 0.179. The second kappa shape index (κ2) is 12.5. The summed E-state index contributed by atoms with van der Waals surface area (Å²) >= 11 is 0. The molecule has 2 heterocycles. The number of pyridine rings is 1. The second-order valence-corrected chi connectivity index (χ2v) is 13.7. The minimum absolute atomic E-state index is 0.225. The predicted molar refractivity (Wildman–Crippen MR) is 210 cm³/mol. The molecule has 51 heavy (non-hydrogen) atoms. The highest BCUT2D eigenvalue weighted by Gasteiger charge is 2.39. The summed E-state index contributed by atoms with van der Waals surface area (Å²) in [4.78, 5) is 15.5. The molecule has 1 aliphatic rings. The first-order valence-electron chi connectivity index (χ1n) is 17.4. The number of hydrogen-bond donors (Lipinski definition) is 0. The second-order valence-electron chi connectivity index (χ2n) is 13.7. The lowest BCUT2D eigenvalue weighted by atomic mass is 9.80. The molecule has 0 aliphatic heterocycles. The zero-order valence-electron chi connectivity index (χ0n) is 28.6. The van der Waals surface area contributed by atoms with E-state index in [1.54, 1.807) is 0 Å². The SMILES string of the molecule is CC1(C)c2ccccc2-c2nc(-c3ccccc3)nc(-c3ccc(-c4ccc(-c5cc(-c6ccccc6)cc(-c6ccccc6)n5)cc4)cc3)c21. The number of rotatable bonds is 6. The van der Waals surface area contributed by atoms with E-state index in [2.05, 4.69) is 166 Å². The number of nitrogens with zero attached hydrogens (tertiary/aromatic N) is 3. The van der Waals surface area contributed by atoms with Gasteiger partial charge >= 0.3 is 0 Å². The first-order valence-corrected chi connectivity index (χ1v) is 17.4. The lowest BCUT2D eigenvalue weighted by molar-refractivity contribution is 0.658. The van der Waals surface area contributed by atoms with Crippen LogP contribution in [0.3, 0.4) is 0 Å². The van der Waals surface area contributed by atoms with E-state index in [0.717, 1.165) is 67.5 Å². The standard InChI is InChI=1S/C48H35N3/c1-48(2)41-21-13-12-20-40(41)46-44(48)45(50-47(51-46)38-18-10-5-11-19-38)37-28-24-34(25-29-37)33-22-26-36(27-23-33)43-31-39(32-14-6-3-7-15-32)30-42(49-43)35-16-8-4-9-17-35/h3-31H,1-2H3. The molecule has 0 amide bonds. The molecule has 0 N–H and O–H groups in total. The topological polar surface area (TPSA) is 38.7 Å². The first kappa shape index (κ1) is 30.6. The van der Waals surface area contributed by atoms with Crippen molar-refractivity contribution in [1.82, 2.24) is 15.0 Å². The van der Waals surface area contributed by atoms with Crippen molar-refractivity contribution in [2.75, 3.05) is 0 Å². The molecule has 0 saturated carbocycles. The van der Waals surface area contributed by atoms with Crippen molar-refractivity contribution in [3.8, 4) is 78.7 Å². The number of aromatic nitrogens is 3. The van der Waals surface area contributed by atoms with Crippen LogP contribution in [-0.4, -0.2) is 15.0 Å². The summed E-state index contributed by atoms with van der Waals surface area (Å²) in [5.41, 5.74) is 16.3. The van der Waals surface area contributed by atoms with Crippen molar-refractivity contribution < 1.29 is 0 Å². The molecule has 0 radical (unpaired) electrons. The number of fused-ring (bicyclic) bond motifs is 3. The Morgan fingerprint density at radius 1 is 0.353 bits per heavy atom. The van der Waals surface area contributed by atoms with Gasteiger partial charge in [-0.15, -0.1) is 0 Å². The highest BCUT2D eigenvalue weighted by Crippen LogP contribution is 2.51. The molecule has 3 heteroatoms. The van der Waals surface area contributed by atoms with Gasteiger partial charge in [0.2, 0.25) is 0 Å². The van der Waals surface area contributed by atoms with E-state index in [1.165, 1.54) is 22.3 Å². The summed E-state index contributed by atoms with van der Waals surface area (Å²) in [5.74, 6) is 0.747. The molecular weight excluding hydrogens is 619 g/mol. The molecule has 0 fully saturated rings. The summed E-state index contributed by atoms with van der Waals surface area (Å²) in [6.45, 7) is 4.58. The summed E-state index contributed by atoms with van der Waals surface area (Å²) in [7, 11) is 0. The average molecular weight is 654 g/mol. The molecule has 3 nitrogen and oxygen atoms in total. The summed E-state index contributed by atoms with van der Waals surface area (Å²) in [5, 5.41) is 0. The van der Waals surface area contributed by atoms with Gasteiger partial charge in [0.05, 0.1) is 22.8 Å². The van der Waals surface area contributed by atoms with Gasteiger partial charge in [-0.25, -0.2) is 15.0 Å². The van der Waals surface area contributed by atoms with Gasteiger partial charge in [0.15, 0.2) is 5.82 Å². The molecule has 242 valence electrons. The van der Waals surface area contributed by atoms with Crippen molar-refractivity contribution in [1.29, 1.82) is 0 Å². The Kier molecular flexibility index (Phi) is 7.48. The normalized spacial score (nSPS) is 12.7. The van der Waals surface area contributed by atoms with E-state index < -0.39 is 0 Å². The predicted octanol–water partition coefficient (Wildman–Crippen LogP) is 12.2. The molecule has 0 atom stereocenters. The van der Waals surface area contributed by atoms with Crippen LogP contribution in [-0.2, 0) is 5.41 Å². The Hall–Kier alpha value is -6.45. The molecule has 1 aliphatic carbocycles. The molecule has 2 aromatic heterocycles. The van der Waals surface area contributed by atoms with Crippen molar-refractivity contribution in [3.63, 3.8) is 0 Å². The van der Waals surface area contributed by atoms with Crippen molar-refractivity contribution in [2.24, 2.45) is 0 Å². The van der Waals surface area contributed by atoms with Crippen LogP contribution in [0.1, 0.15) is 25.0 Å². The average Bonchev–Trinajstić information content (AvgIpc) is 3.44. The third kappa shape index (κ3) is 5.53. The van der Waals surface area contributed by atoms with E-state index in [4.69, 9.17) is 15.0 Å². The van der Waals surface area contributed by atoms with Gasteiger partial charge in [-0.2, -0.15) is 0 Å². The molecule has 0 unspecified atom stereocenters. The van der Waals surface area contributed by atoms with Gasteiger partial charge in [0, 0.05) is 38.8 Å². The fraction of sp³-hybridized carbons (Fsp3) is 0.0625. The highest BCUT2D eigenvalue weighted by molar-refractivity contribution is 5.86. The molecule has 9 rings (SSSR count). The van der Waals surface area contributed by atoms with Gasteiger partial charge in [0.25, 0.3) is 0 Å². The van der Waals surface area contributed by atoms with E-state index in [-0.39, 0.29) is 5.41 Å². The van der Waals surface area contributed by atoms with E-state index in [1.807, 2.05) is 24.3 Å². The summed E-state index contributed by atoms with van der Waals surface area (Å²) < 4.78 is 0. The smallest absolute Gasteiger partial charge is 0.160 e. The van der Waals surface area contributed by atoms with Crippen LogP contribution in [0.2, 0.25) is 0 Å². The third-order valence-corrected chi connectivity index (χ3v) is 10.1. The van der Waals surface area contributed by atoms with Crippen LogP contribution in [0.5, 0.6) is 0 Å². The van der Waals surface area contributed by atoms with Crippen molar-refractivity contribution in [3.05, 3.63) is 187 Å². The molecular formula is C48H35N3. The van der Waals surface area contributed by atoms with Crippen LogP contribution in [0.25, 0.3) is 78.7 Å².